The molecule has 1 N–H and O–H groups in total. The fraction of sp³-hybridized carbons (Fsp3) is 0.308. The van der Waals surface area contributed by atoms with E-state index < -0.39 is 0 Å². The number of aryl methyl sites for hydroxylation is 2. The molecule has 0 unspecified atom stereocenters. The van der Waals surface area contributed by atoms with Crippen molar-refractivity contribution in [3.05, 3.63) is 40.1 Å². The van der Waals surface area contributed by atoms with Crippen LogP contribution in [0.4, 0.5) is 5.95 Å². The molecule has 0 atom stereocenters. The molecular formula is C13H16BrN3. The number of aromatic nitrogens is 2. The summed E-state index contributed by atoms with van der Waals surface area (Å²) in [5.41, 5.74) is 3.39. The molecule has 0 radical (unpaired) electrons. The highest BCUT2D eigenvalue weighted by molar-refractivity contribution is 9.10. The SMILES string of the molecule is CCNc1nc(C)cn1-c1ccc(Br)cc1C. The van der Waals surface area contributed by atoms with Gasteiger partial charge in [-0.2, -0.15) is 0 Å². The van der Waals surface area contributed by atoms with E-state index in [1.165, 1.54) is 5.56 Å². The summed E-state index contributed by atoms with van der Waals surface area (Å²) in [6, 6.07) is 6.26. The standard InChI is InChI=1S/C13H16BrN3/c1-4-15-13-16-10(3)8-17(13)12-6-5-11(14)7-9(12)2/h5-8H,4H2,1-3H3,(H,15,16). The van der Waals surface area contributed by atoms with E-state index in [0.29, 0.717) is 0 Å². The van der Waals surface area contributed by atoms with Crippen LogP contribution in [0.2, 0.25) is 0 Å². The molecule has 0 fully saturated rings. The third-order valence-corrected chi connectivity index (χ3v) is 3.07. The van der Waals surface area contributed by atoms with Gasteiger partial charge in [-0.15, -0.1) is 0 Å². The molecule has 2 rings (SSSR count). The van der Waals surface area contributed by atoms with E-state index in [4.69, 9.17) is 0 Å². The second-order valence-corrected chi connectivity index (χ2v) is 4.95. The topological polar surface area (TPSA) is 29.9 Å². The number of nitrogens with zero attached hydrogens (tertiary/aromatic N) is 2. The molecule has 90 valence electrons. The second-order valence-electron chi connectivity index (χ2n) is 4.04. The fourth-order valence-corrected chi connectivity index (χ4v) is 2.33. The van der Waals surface area contributed by atoms with Gasteiger partial charge in [-0.3, -0.25) is 4.57 Å². The average molecular weight is 294 g/mol. The van der Waals surface area contributed by atoms with Crippen molar-refractivity contribution in [2.24, 2.45) is 0 Å². The monoisotopic (exact) mass is 293 g/mol. The Morgan fingerprint density at radius 3 is 2.76 bits per heavy atom. The maximum absolute atomic E-state index is 4.48. The van der Waals surface area contributed by atoms with Crippen molar-refractivity contribution in [3.8, 4) is 5.69 Å². The molecule has 1 heterocycles. The fourth-order valence-electron chi connectivity index (χ4n) is 1.85. The zero-order valence-electron chi connectivity index (χ0n) is 10.3. The molecule has 0 amide bonds. The lowest BCUT2D eigenvalue weighted by atomic mass is 10.2. The van der Waals surface area contributed by atoms with Gasteiger partial charge in [0, 0.05) is 17.2 Å². The number of hydrogen-bond donors (Lipinski definition) is 1. The molecular weight excluding hydrogens is 278 g/mol. The first-order valence-corrected chi connectivity index (χ1v) is 6.47. The molecule has 0 aliphatic carbocycles. The van der Waals surface area contributed by atoms with Crippen LogP contribution in [0.5, 0.6) is 0 Å². The van der Waals surface area contributed by atoms with Gasteiger partial charge in [-0.1, -0.05) is 15.9 Å². The van der Waals surface area contributed by atoms with Crippen LogP contribution in [0.1, 0.15) is 18.2 Å². The second kappa shape index (κ2) is 4.92. The average Bonchev–Trinajstić information content (AvgIpc) is 2.60. The summed E-state index contributed by atoms with van der Waals surface area (Å²) in [4.78, 5) is 4.48. The van der Waals surface area contributed by atoms with E-state index in [1.54, 1.807) is 0 Å². The molecule has 0 bridgehead atoms. The minimum atomic E-state index is 0.867. The van der Waals surface area contributed by atoms with Gasteiger partial charge in [-0.25, -0.2) is 4.98 Å². The van der Waals surface area contributed by atoms with Gasteiger partial charge in [0.25, 0.3) is 0 Å². The lowest BCUT2D eigenvalue weighted by Gasteiger charge is -2.11. The van der Waals surface area contributed by atoms with Crippen molar-refractivity contribution < 1.29 is 0 Å². The quantitative estimate of drug-likeness (QED) is 0.935. The highest BCUT2D eigenvalue weighted by Gasteiger charge is 2.08. The van der Waals surface area contributed by atoms with Crippen LogP contribution >= 0.6 is 15.9 Å². The first-order valence-electron chi connectivity index (χ1n) is 5.68. The summed E-state index contributed by atoms with van der Waals surface area (Å²) in [6.45, 7) is 7.05. The summed E-state index contributed by atoms with van der Waals surface area (Å²) < 4.78 is 3.20. The van der Waals surface area contributed by atoms with E-state index >= 15 is 0 Å². The van der Waals surface area contributed by atoms with Crippen molar-refractivity contribution in [2.75, 3.05) is 11.9 Å². The van der Waals surface area contributed by atoms with Gasteiger partial charge in [-0.05, 0) is 44.5 Å². The molecule has 0 aliphatic heterocycles. The third-order valence-electron chi connectivity index (χ3n) is 2.58. The number of rotatable bonds is 3. The van der Waals surface area contributed by atoms with E-state index in [9.17, 15) is 0 Å². The van der Waals surface area contributed by atoms with E-state index in [0.717, 1.165) is 28.3 Å². The molecule has 4 heteroatoms. The molecule has 2 aromatic rings. The van der Waals surface area contributed by atoms with Gasteiger partial charge in [0.1, 0.15) is 0 Å². The van der Waals surface area contributed by atoms with Gasteiger partial charge in [0.15, 0.2) is 0 Å². The Bertz CT molecular complexity index is 531. The highest BCUT2D eigenvalue weighted by Crippen LogP contribution is 2.23. The Morgan fingerprint density at radius 1 is 1.35 bits per heavy atom. The van der Waals surface area contributed by atoms with Crippen molar-refractivity contribution in [2.45, 2.75) is 20.8 Å². The largest absolute Gasteiger partial charge is 0.356 e. The minimum Gasteiger partial charge on any atom is -0.356 e. The van der Waals surface area contributed by atoms with E-state index in [2.05, 4.69) is 56.8 Å². The number of benzene rings is 1. The molecule has 0 spiro atoms. The van der Waals surface area contributed by atoms with Crippen molar-refractivity contribution >= 4 is 21.9 Å². The lowest BCUT2D eigenvalue weighted by molar-refractivity contribution is 1.01. The Labute approximate surface area is 110 Å². The van der Waals surface area contributed by atoms with Crippen LogP contribution in [0.15, 0.2) is 28.9 Å². The summed E-state index contributed by atoms with van der Waals surface area (Å²) in [6.07, 6.45) is 2.05. The molecule has 1 aromatic heterocycles. The Hall–Kier alpha value is -1.29. The van der Waals surface area contributed by atoms with Gasteiger partial charge >= 0.3 is 0 Å². The molecule has 3 nitrogen and oxygen atoms in total. The normalized spacial score (nSPS) is 10.6. The van der Waals surface area contributed by atoms with Crippen LogP contribution in [0, 0.1) is 13.8 Å². The van der Waals surface area contributed by atoms with Crippen LogP contribution in [-0.2, 0) is 0 Å². The molecule has 17 heavy (non-hydrogen) atoms. The van der Waals surface area contributed by atoms with Crippen molar-refractivity contribution in [1.82, 2.24) is 9.55 Å². The minimum absolute atomic E-state index is 0.867. The summed E-state index contributed by atoms with van der Waals surface area (Å²) >= 11 is 3.48. The van der Waals surface area contributed by atoms with Crippen LogP contribution in [-0.4, -0.2) is 16.1 Å². The number of imidazole rings is 1. The number of anilines is 1. The van der Waals surface area contributed by atoms with Crippen LogP contribution in [0.25, 0.3) is 5.69 Å². The van der Waals surface area contributed by atoms with Gasteiger partial charge in [0.05, 0.1) is 11.4 Å². The predicted molar refractivity (Wildman–Crippen MR) is 74.9 cm³/mol. The van der Waals surface area contributed by atoms with Gasteiger partial charge < -0.3 is 5.32 Å². The van der Waals surface area contributed by atoms with E-state index in [1.807, 2.05) is 19.2 Å². The predicted octanol–water partition coefficient (Wildman–Crippen LogP) is 3.68. The maximum atomic E-state index is 4.48. The molecule has 0 aliphatic rings. The Kier molecular flexibility index (Phi) is 3.52. The zero-order chi connectivity index (χ0) is 12.4. The third kappa shape index (κ3) is 2.52. The lowest BCUT2D eigenvalue weighted by Crippen LogP contribution is -2.05. The van der Waals surface area contributed by atoms with Crippen LogP contribution in [0.3, 0.4) is 0 Å². The van der Waals surface area contributed by atoms with Crippen molar-refractivity contribution in [3.63, 3.8) is 0 Å². The smallest absolute Gasteiger partial charge is 0.207 e. The van der Waals surface area contributed by atoms with Crippen molar-refractivity contribution in [1.29, 1.82) is 0 Å². The Balaban J connectivity index is 2.51. The first kappa shape index (κ1) is 12.2. The van der Waals surface area contributed by atoms with Gasteiger partial charge in [0.2, 0.25) is 5.95 Å². The Morgan fingerprint density at radius 2 is 2.12 bits per heavy atom. The molecule has 0 saturated carbocycles. The number of halogens is 1. The highest BCUT2D eigenvalue weighted by atomic mass is 79.9. The maximum Gasteiger partial charge on any atom is 0.207 e. The zero-order valence-corrected chi connectivity index (χ0v) is 11.9. The van der Waals surface area contributed by atoms with E-state index in [-0.39, 0.29) is 0 Å². The summed E-state index contributed by atoms with van der Waals surface area (Å²) in [7, 11) is 0. The summed E-state index contributed by atoms with van der Waals surface area (Å²) in [5.74, 6) is 0.899. The van der Waals surface area contributed by atoms with Crippen LogP contribution < -0.4 is 5.32 Å². The summed E-state index contributed by atoms with van der Waals surface area (Å²) in [5, 5.41) is 3.28. The number of hydrogen-bond acceptors (Lipinski definition) is 2. The molecule has 1 aromatic carbocycles. The molecule has 0 saturated heterocycles. The first-order chi connectivity index (χ1) is 8.11. The number of nitrogens with one attached hydrogen (secondary N) is 1.